The van der Waals surface area contributed by atoms with E-state index in [4.69, 9.17) is 0 Å². The molecule has 1 aromatic carbocycles. The van der Waals surface area contributed by atoms with E-state index in [-0.39, 0.29) is 11.4 Å². The Morgan fingerprint density at radius 3 is 2.92 bits per heavy atom. The Labute approximate surface area is 152 Å². The predicted molar refractivity (Wildman–Crippen MR) is 100.0 cm³/mol. The second kappa shape index (κ2) is 7.99. The van der Waals surface area contributed by atoms with Crippen LogP contribution in [0.1, 0.15) is 16.1 Å². The largest absolute Gasteiger partial charge is 0.291 e. The van der Waals surface area contributed by atoms with Crippen LogP contribution < -0.4 is 5.43 Å². The Hall–Kier alpha value is -3.59. The van der Waals surface area contributed by atoms with Crippen molar-refractivity contribution in [3.05, 3.63) is 75.3 Å². The third-order valence-corrected chi connectivity index (χ3v) is 4.24. The molecule has 2 N–H and O–H groups in total. The molecule has 26 heavy (non-hydrogen) atoms. The molecular formula is C17H13N5O3S. The van der Waals surface area contributed by atoms with Gasteiger partial charge in [-0.05, 0) is 35.7 Å². The summed E-state index contributed by atoms with van der Waals surface area (Å²) in [5.41, 5.74) is 3.76. The van der Waals surface area contributed by atoms with E-state index in [1.165, 1.54) is 35.8 Å². The lowest BCUT2D eigenvalue weighted by Gasteiger charge is -1.95. The highest BCUT2D eigenvalue weighted by Crippen LogP contribution is 2.22. The Balaban J connectivity index is 1.59. The van der Waals surface area contributed by atoms with Gasteiger partial charge in [0.25, 0.3) is 11.6 Å². The standard InChI is InChI=1S/C17H13N5O3S/c23-17(14-11-13(19-20-14)16-8-4-10-26-16)21-18-9-3-6-12-5-1-2-7-15(12)22(24)25/h1-11H,(H,19,20)(H,21,23)/b6-3-,18-9-. The van der Waals surface area contributed by atoms with Crippen LogP contribution in [0.15, 0.2) is 59.0 Å². The first kappa shape index (κ1) is 17.2. The number of hydrazone groups is 1. The van der Waals surface area contributed by atoms with Crippen LogP contribution in [-0.2, 0) is 0 Å². The third kappa shape index (κ3) is 4.08. The van der Waals surface area contributed by atoms with Gasteiger partial charge in [-0.25, -0.2) is 5.43 Å². The number of rotatable bonds is 6. The van der Waals surface area contributed by atoms with Crippen molar-refractivity contribution in [2.75, 3.05) is 0 Å². The van der Waals surface area contributed by atoms with Gasteiger partial charge >= 0.3 is 0 Å². The van der Waals surface area contributed by atoms with Crippen molar-refractivity contribution >= 4 is 35.2 Å². The molecule has 1 amide bonds. The number of aromatic amines is 1. The summed E-state index contributed by atoms with van der Waals surface area (Å²) in [6.07, 6.45) is 4.38. The van der Waals surface area contributed by atoms with Crippen molar-refractivity contribution in [2.24, 2.45) is 5.10 Å². The lowest BCUT2D eigenvalue weighted by atomic mass is 10.2. The van der Waals surface area contributed by atoms with Gasteiger partial charge < -0.3 is 0 Å². The van der Waals surface area contributed by atoms with E-state index >= 15 is 0 Å². The number of allylic oxidation sites excluding steroid dienone is 1. The number of H-pyrrole nitrogens is 1. The average molecular weight is 367 g/mol. The van der Waals surface area contributed by atoms with Crippen LogP contribution in [0, 0.1) is 10.1 Å². The van der Waals surface area contributed by atoms with Gasteiger partial charge in [-0.1, -0.05) is 18.2 Å². The zero-order chi connectivity index (χ0) is 18.4. The number of hydrogen-bond donors (Lipinski definition) is 2. The maximum absolute atomic E-state index is 12.0. The van der Waals surface area contributed by atoms with Crippen LogP contribution in [0.25, 0.3) is 16.6 Å². The van der Waals surface area contributed by atoms with E-state index in [2.05, 4.69) is 20.7 Å². The molecule has 0 aliphatic rings. The SMILES string of the molecule is O=C(N/N=C\C=C/c1ccccc1[N+](=O)[O-])c1cc(-c2cccs2)[nH]n1. The van der Waals surface area contributed by atoms with Crippen molar-refractivity contribution in [3.63, 3.8) is 0 Å². The van der Waals surface area contributed by atoms with Gasteiger partial charge in [0.2, 0.25) is 0 Å². The van der Waals surface area contributed by atoms with Crippen molar-refractivity contribution in [1.82, 2.24) is 15.6 Å². The van der Waals surface area contributed by atoms with Crippen LogP contribution in [0.2, 0.25) is 0 Å². The van der Waals surface area contributed by atoms with E-state index in [0.717, 1.165) is 10.6 Å². The van der Waals surface area contributed by atoms with Crippen molar-refractivity contribution in [2.45, 2.75) is 0 Å². The summed E-state index contributed by atoms with van der Waals surface area (Å²) in [6.45, 7) is 0. The lowest BCUT2D eigenvalue weighted by molar-refractivity contribution is -0.385. The number of nitro benzene ring substituents is 1. The molecule has 0 radical (unpaired) electrons. The molecular weight excluding hydrogens is 354 g/mol. The third-order valence-electron chi connectivity index (χ3n) is 3.33. The van der Waals surface area contributed by atoms with Crippen LogP contribution in [-0.4, -0.2) is 27.2 Å². The summed E-state index contributed by atoms with van der Waals surface area (Å²) in [7, 11) is 0. The number of nitro groups is 1. The summed E-state index contributed by atoms with van der Waals surface area (Å²) < 4.78 is 0. The Morgan fingerprint density at radius 2 is 2.15 bits per heavy atom. The highest BCUT2D eigenvalue weighted by Gasteiger charge is 2.11. The van der Waals surface area contributed by atoms with Crippen LogP contribution in [0.3, 0.4) is 0 Å². The molecule has 3 rings (SSSR count). The number of nitrogens with zero attached hydrogens (tertiary/aromatic N) is 3. The molecule has 0 fully saturated rings. The summed E-state index contributed by atoms with van der Waals surface area (Å²) in [5.74, 6) is -0.459. The summed E-state index contributed by atoms with van der Waals surface area (Å²) in [6, 6.07) is 11.8. The smallest absolute Gasteiger partial charge is 0.276 e. The first-order valence-electron chi connectivity index (χ1n) is 7.48. The molecule has 0 saturated carbocycles. The van der Waals surface area contributed by atoms with Gasteiger partial charge in [0.15, 0.2) is 5.69 Å². The summed E-state index contributed by atoms with van der Waals surface area (Å²) >= 11 is 1.54. The van der Waals surface area contributed by atoms with Gasteiger partial charge in [0.1, 0.15) is 0 Å². The van der Waals surface area contributed by atoms with Crippen LogP contribution >= 0.6 is 11.3 Å². The van der Waals surface area contributed by atoms with E-state index in [1.54, 1.807) is 24.3 Å². The fourth-order valence-electron chi connectivity index (χ4n) is 2.13. The molecule has 0 atom stereocenters. The first-order chi connectivity index (χ1) is 12.6. The Bertz CT molecular complexity index is 976. The topological polar surface area (TPSA) is 113 Å². The number of aromatic nitrogens is 2. The maximum atomic E-state index is 12.0. The average Bonchev–Trinajstić information content (AvgIpc) is 3.33. The molecule has 8 nitrogen and oxygen atoms in total. The van der Waals surface area contributed by atoms with Crippen LogP contribution in [0.4, 0.5) is 5.69 Å². The highest BCUT2D eigenvalue weighted by molar-refractivity contribution is 7.13. The zero-order valence-corrected chi connectivity index (χ0v) is 14.1. The fourth-order valence-corrected chi connectivity index (χ4v) is 2.83. The molecule has 0 spiro atoms. The molecule has 0 aliphatic heterocycles. The quantitative estimate of drug-likeness (QED) is 0.394. The number of nitrogens with one attached hydrogen (secondary N) is 2. The second-order valence-electron chi connectivity index (χ2n) is 5.04. The normalized spacial score (nSPS) is 11.2. The van der Waals surface area contributed by atoms with Crippen molar-refractivity contribution in [1.29, 1.82) is 0 Å². The predicted octanol–water partition coefficient (Wildman–Crippen LogP) is 3.48. The monoisotopic (exact) mass is 367 g/mol. The number of para-hydroxylation sites is 1. The second-order valence-corrected chi connectivity index (χ2v) is 5.99. The van der Waals surface area contributed by atoms with Gasteiger partial charge in [-0.15, -0.1) is 11.3 Å². The van der Waals surface area contributed by atoms with E-state index in [1.807, 2.05) is 17.5 Å². The molecule has 2 heterocycles. The fraction of sp³-hybridized carbons (Fsp3) is 0. The summed E-state index contributed by atoms with van der Waals surface area (Å²) in [5, 5.41) is 23.4. The number of benzene rings is 1. The molecule has 2 aromatic heterocycles. The minimum Gasteiger partial charge on any atom is -0.276 e. The van der Waals surface area contributed by atoms with Crippen LogP contribution in [0.5, 0.6) is 0 Å². The zero-order valence-electron chi connectivity index (χ0n) is 13.3. The molecule has 0 aliphatic carbocycles. The van der Waals surface area contributed by atoms with Gasteiger partial charge in [0, 0.05) is 12.3 Å². The van der Waals surface area contributed by atoms with Crippen molar-refractivity contribution in [3.8, 4) is 10.6 Å². The Kier molecular flexibility index (Phi) is 5.30. The van der Waals surface area contributed by atoms with E-state index in [9.17, 15) is 14.9 Å². The summed E-state index contributed by atoms with van der Waals surface area (Å²) in [4.78, 5) is 23.4. The first-order valence-corrected chi connectivity index (χ1v) is 8.36. The minimum absolute atomic E-state index is 0.00110. The molecule has 3 aromatic rings. The number of thiophene rings is 1. The maximum Gasteiger partial charge on any atom is 0.291 e. The molecule has 130 valence electrons. The molecule has 0 saturated heterocycles. The van der Waals surface area contributed by atoms with Gasteiger partial charge in [-0.2, -0.15) is 10.2 Å². The highest BCUT2D eigenvalue weighted by atomic mass is 32.1. The minimum atomic E-state index is -0.459. The van der Waals surface area contributed by atoms with E-state index in [0.29, 0.717) is 5.56 Å². The number of hydrogen-bond acceptors (Lipinski definition) is 6. The van der Waals surface area contributed by atoms with Gasteiger partial charge in [-0.3, -0.25) is 20.0 Å². The number of carbonyl (C=O) groups excluding carboxylic acids is 1. The lowest BCUT2D eigenvalue weighted by Crippen LogP contribution is -2.17. The number of amides is 1. The Morgan fingerprint density at radius 1 is 1.31 bits per heavy atom. The van der Waals surface area contributed by atoms with E-state index < -0.39 is 10.8 Å². The number of carbonyl (C=O) groups is 1. The molecule has 9 heteroatoms. The molecule has 0 bridgehead atoms. The van der Waals surface area contributed by atoms with Gasteiger partial charge in [0.05, 0.1) is 21.1 Å². The van der Waals surface area contributed by atoms with Crippen molar-refractivity contribution < 1.29 is 9.72 Å². The molecule has 0 unspecified atom stereocenters.